The van der Waals surface area contributed by atoms with Gasteiger partial charge in [0.15, 0.2) is 22.4 Å². The Balaban J connectivity index is 1.41. The maximum atomic E-state index is 12.8. The highest BCUT2D eigenvalue weighted by Gasteiger charge is 2.24. The summed E-state index contributed by atoms with van der Waals surface area (Å²) in [6.07, 6.45) is 2.25. The lowest BCUT2D eigenvalue weighted by atomic mass is 10.1. The second-order valence-corrected chi connectivity index (χ2v) is 8.39. The Hall–Kier alpha value is -2.71. The van der Waals surface area contributed by atoms with E-state index in [1.54, 1.807) is 18.2 Å². The molecule has 9 heteroatoms. The minimum atomic E-state index is -0.0188. The lowest BCUT2D eigenvalue weighted by Gasteiger charge is -2.19. The molecule has 3 heterocycles. The van der Waals surface area contributed by atoms with E-state index in [4.69, 9.17) is 21.1 Å². The highest BCUT2D eigenvalue weighted by atomic mass is 35.5. The van der Waals surface area contributed by atoms with Crippen LogP contribution >= 0.6 is 23.4 Å². The van der Waals surface area contributed by atoms with E-state index in [-0.39, 0.29) is 18.3 Å². The summed E-state index contributed by atoms with van der Waals surface area (Å²) in [6, 6.07) is 12.8. The van der Waals surface area contributed by atoms with Gasteiger partial charge in [0.05, 0.1) is 16.5 Å². The van der Waals surface area contributed by atoms with Crippen molar-refractivity contribution in [1.82, 2.24) is 14.8 Å². The van der Waals surface area contributed by atoms with E-state index < -0.39 is 0 Å². The zero-order chi connectivity index (χ0) is 20.5. The zero-order valence-corrected chi connectivity index (χ0v) is 17.7. The van der Waals surface area contributed by atoms with E-state index in [1.165, 1.54) is 11.8 Å². The molecule has 154 valence electrons. The molecule has 2 aliphatic heterocycles. The molecule has 0 saturated carbocycles. The van der Waals surface area contributed by atoms with Crippen LogP contribution in [0.25, 0.3) is 5.69 Å². The summed E-state index contributed by atoms with van der Waals surface area (Å²) >= 11 is 7.83. The molecule has 0 atom stereocenters. The lowest BCUT2D eigenvalue weighted by Crippen LogP contribution is -2.22. The second-order valence-electron chi connectivity index (χ2n) is 7.04. The summed E-state index contributed by atoms with van der Waals surface area (Å²) in [7, 11) is 0. The van der Waals surface area contributed by atoms with E-state index in [0.29, 0.717) is 27.2 Å². The van der Waals surface area contributed by atoms with Crippen LogP contribution < -0.4 is 14.4 Å². The zero-order valence-electron chi connectivity index (χ0n) is 16.1. The van der Waals surface area contributed by atoms with Gasteiger partial charge in [-0.1, -0.05) is 35.5 Å². The van der Waals surface area contributed by atoms with Gasteiger partial charge in [0.1, 0.15) is 0 Å². The first-order valence-electron chi connectivity index (χ1n) is 9.71. The lowest BCUT2D eigenvalue weighted by molar-refractivity contribution is 0.102. The third-order valence-corrected chi connectivity index (χ3v) is 6.37. The van der Waals surface area contributed by atoms with E-state index >= 15 is 0 Å². The van der Waals surface area contributed by atoms with Gasteiger partial charge in [0.2, 0.25) is 12.7 Å². The number of carbonyl (C=O) groups excluding carboxylic acids is 1. The van der Waals surface area contributed by atoms with E-state index in [1.807, 2.05) is 28.8 Å². The minimum absolute atomic E-state index is 0.0188. The van der Waals surface area contributed by atoms with Gasteiger partial charge < -0.3 is 14.4 Å². The maximum absolute atomic E-state index is 12.8. The number of fused-ring (bicyclic) bond motifs is 1. The molecule has 0 aliphatic carbocycles. The second kappa shape index (κ2) is 8.20. The van der Waals surface area contributed by atoms with Crippen LogP contribution in [0.1, 0.15) is 23.2 Å². The quantitative estimate of drug-likeness (QED) is 0.418. The van der Waals surface area contributed by atoms with Crippen molar-refractivity contribution in [3.8, 4) is 17.2 Å². The van der Waals surface area contributed by atoms with Gasteiger partial charge in [-0.05, 0) is 43.2 Å². The van der Waals surface area contributed by atoms with Gasteiger partial charge in [-0.15, -0.1) is 10.2 Å². The fraction of sp³-hybridized carbons (Fsp3) is 0.286. The molecule has 2 aliphatic rings. The Labute approximate surface area is 182 Å². The van der Waals surface area contributed by atoms with Crippen molar-refractivity contribution in [2.75, 3.05) is 30.5 Å². The van der Waals surface area contributed by atoms with Crippen molar-refractivity contribution in [3.05, 3.63) is 53.1 Å². The molecule has 3 aromatic rings. The van der Waals surface area contributed by atoms with Crippen molar-refractivity contribution in [1.29, 1.82) is 0 Å². The monoisotopic (exact) mass is 442 g/mol. The van der Waals surface area contributed by atoms with Crippen molar-refractivity contribution < 1.29 is 14.3 Å². The number of benzene rings is 2. The Morgan fingerprint density at radius 3 is 2.70 bits per heavy atom. The molecule has 5 rings (SSSR count). The number of Topliss-reactive ketones (excluding diaryl/α,β-unsaturated/α-hetero) is 1. The van der Waals surface area contributed by atoms with Crippen molar-refractivity contribution >= 4 is 35.1 Å². The molecule has 0 bridgehead atoms. The number of rotatable bonds is 6. The number of carbonyl (C=O) groups is 1. The van der Waals surface area contributed by atoms with Crippen LogP contribution in [-0.4, -0.2) is 46.2 Å². The summed E-state index contributed by atoms with van der Waals surface area (Å²) in [4.78, 5) is 15.0. The van der Waals surface area contributed by atoms with Crippen LogP contribution in [0.3, 0.4) is 0 Å². The van der Waals surface area contributed by atoms with Crippen LogP contribution in [0.2, 0.25) is 5.02 Å². The molecule has 0 radical (unpaired) electrons. The van der Waals surface area contributed by atoms with Gasteiger partial charge in [-0.2, -0.15) is 0 Å². The van der Waals surface area contributed by atoms with Crippen LogP contribution in [-0.2, 0) is 0 Å². The molecule has 0 spiro atoms. The third kappa shape index (κ3) is 3.61. The first-order valence-corrected chi connectivity index (χ1v) is 11.1. The number of aromatic nitrogens is 3. The molecule has 1 aromatic heterocycles. The normalized spacial score (nSPS) is 15.0. The fourth-order valence-corrected chi connectivity index (χ4v) is 4.66. The molecule has 1 saturated heterocycles. The third-order valence-electron chi connectivity index (χ3n) is 5.13. The number of thioether (sulfide) groups is 1. The summed E-state index contributed by atoms with van der Waals surface area (Å²) in [5, 5.41) is 10.1. The topological polar surface area (TPSA) is 69.5 Å². The number of ketones is 1. The predicted octanol–water partition coefficient (Wildman–Crippen LogP) is 4.22. The predicted molar refractivity (Wildman–Crippen MR) is 115 cm³/mol. The number of halogens is 1. The molecule has 0 unspecified atom stereocenters. The maximum Gasteiger partial charge on any atom is 0.232 e. The van der Waals surface area contributed by atoms with Crippen LogP contribution in [0.4, 0.5) is 5.95 Å². The largest absolute Gasteiger partial charge is 0.454 e. The van der Waals surface area contributed by atoms with E-state index in [9.17, 15) is 4.79 Å². The number of hydrogen-bond acceptors (Lipinski definition) is 7. The summed E-state index contributed by atoms with van der Waals surface area (Å²) in [5.74, 6) is 2.23. The molecule has 7 nitrogen and oxygen atoms in total. The number of nitrogens with zero attached hydrogens (tertiary/aromatic N) is 4. The first kappa shape index (κ1) is 19.3. The van der Waals surface area contributed by atoms with Gasteiger partial charge in [0.25, 0.3) is 0 Å². The smallest absolute Gasteiger partial charge is 0.232 e. The van der Waals surface area contributed by atoms with E-state index in [2.05, 4.69) is 15.1 Å². The number of anilines is 1. The average molecular weight is 443 g/mol. The molecule has 30 heavy (non-hydrogen) atoms. The standard InChI is InChI=1S/C21H19ClN4O3S/c22-15-5-1-2-6-16(15)26-20(25-9-3-4-10-25)23-24-21(26)30-12-17(27)14-7-8-18-19(11-14)29-13-28-18/h1-2,5-8,11H,3-4,9-10,12-13H2. The Morgan fingerprint density at radius 1 is 1.07 bits per heavy atom. The molecule has 1 fully saturated rings. The summed E-state index contributed by atoms with van der Waals surface area (Å²) in [5.41, 5.74) is 1.39. The molecule has 2 aromatic carbocycles. The van der Waals surface area contributed by atoms with Gasteiger partial charge in [-0.3, -0.25) is 9.36 Å². The molecular weight excluding hydrogens is 424 g/mol. The highest BCUT2D eigenvalue weighted by Crippen LogP contribution is 2.34. The van der Waals surface area contributed by atoms with E-state index in [0.717, 1.165) is 37.6 Å². The average Bonchev–Trinajstić information content (AvgIpc) is 3.52. The summed E-state index contributed by atoms with van der Waals surface area (Å²) in [6.45, 7) is 2.05. The number of ether oxygens (including phenoxy) is 2. The first-order chi connectivity index (χ1) is 14.7. The highest BCUT2D eigenvalue weighted by molar-refractivity contribution is 7.99. The molecular formula is C21H19ClN4O3S. The van der Waals surface area contributed by atoms with Crippen LogP contribution in [0.15, 0.2) is 47.6 Å². The van der Waals surface area contributed by atoms with Crippen LogP contribution in [0, 0.1) is 0 Å². The molecule has 0 N–H and O–H groups in total. The minimum Gasteiger partial charge on any atom is -0.454 e. The number of hydrogen-bond donors (Lipinski definition) is 0. The van der Waals surface area contributed by atoms with Gasteiger partial charge >= 0.3 is 0 Å². The van der Waals surface area contributed by atoms with Gasteiger partial charge in [-0.25, -0.2) is 0 Å². The van der Waals surface area contributed by atoms with Crippen molar-refractivity contribution in [2.45, 2.75) is 18.0 Å². The summed E-state index contributed by atoms with van der Waals surface area (Å²) < 4.78 is 12.6. The SMILES string of the molecule is O=C(CSc1nnc(N2CCCC2)n1-c1ccccc1Cl)c1ccc2c(c1)OCO2. The van der Waals surface area contributed by atoms with Crippen molar-refractivity contribution in [3.63, 3.8) is 0 Å². The number of para-hydroxylation sites is 1. The fourth-order valence-electron chi connectivity index (χ4n) is 3.60. The Bertz CT molecular complexity index is 1100. The van der Waals surface area contributed by atoms with Crippen molar-refractivity contribution in [2.24, 2.45) is 0 Å². The Morgan fingerprint density at radius 2 is 1.87 bits per heavy atom. The van der Waals surface area contributed by atoms with Gasteiger partial charge in [0, 0.05) is 18.7 Å². The van der Waals surface area contributed by atoms with Crippen LogP contribution in [0.5, 0.6) is 11.5 Å². The Kier molecular flexibility index (Phi) is 5.26. The molecule has 0 amide bonds.